The van der Waals surface area contributed by atoms with E-state index in [1.165, 1.54) is 6.08 Å². The van der Waals surface area contributed by atoms with Crippen LogP contribution in [0.1, 0.15) is 22.5 Å². The van der Waals surface area contributed by atoms with E-state index in [-0.39, 0.29) is 5.57 Å². The molecule has 7 nitrogen and oxygen atoms in total. The van der Waals surface area contributed by atoms with Gasteiger partial charge in [0.05, 0.1) is 12.2 Å². The Morgan fingerprint density at radius 3 is 2.29 bits per heavy atom. The maximum Gasteiger partial charge on any atom is 0.328 e. The van der Waals surface area contributed by atoms with Crippen molar-refractivity contribution in [3.8, 4) is 0 Å². The van der Waals surface area contributed by atoms with Crippen molar-refractivity contribution < 1.29 is 14.4 Å². The summed E-state index contributed by atoms with van der Waals surface area (Å²) in [4.78, 5) is 34.8. The molecule has 0 atom stereocenters. The van der Waals surface area contributed by atoms with E-state index < -0.39 is 17.8 Å². The zero-order valence-corrected chi connectivity index (χ0v) is 13.3. The van der Waals surface area contributed by atoms with Gasteiger partial charge in [0.2, 0.25) is 0 Å². The zero-order chi connectivity index (χ0) is 17.3. The van der Waals surface area contributed by atoms with Gasteiger partial charge < -0.3 is 0 Å². The summed E-state index contributed by atoms with van der Waals surface area (Å²) in [7, 11) is 0. The molecular weight excluding hydrogens is 308 g/mol. The van der Waals surface area contributed by atoms with Crippen LogP contribution in [-0.4, -0.2) is 27.6 Å². The van der Waals surface area contributed by atoms with Gasteiger partial charge in [-0.3, -0.25) is 24.9 Å². The summed E-state index contributed by atoms with van der Waals surface area (Å²) in [5.41, 5.74) is 3.22. The van der Waals surface area contributed by atoms with E-state index in [4.69, 9.17) is 0 Å². The molecule has 1 saturated heterocycles. The van der Waals surface area contributed by atoms with Gasteiger partial charge in [-0.15, -0.1) is 0 Å². The zero-order valence-electron chi connectivity index (χ0n) is 13.3. The highest BCUT2D eigenvalue weighted by Gasteiger charge is 2.28. The summed E-state index contributed by atoms with van der Waals surface area (Å²) in [6.45, 7) is 4.28. The summed E-state index contributed by atoms with van der Waals surface area (Å²) in [5.74, 6) is -1.42. The van der Waals surface area contributed by atoms with Gasteiger partial charge in [-0.2, -0.15) is 5.10 Å². The van der Waals surface area contributed by atoms with Crippen LogP contribution in [0.3, 0.4) is 0 Å². The quantitative estimate of drug-likeness (QED) is 0.657. The van der Waals surface area contributed by atoms with Crippen molar-refractivity contribution in [2.45, 2.75) is 20.4 Å². The molecule has 0 saturated carbocycles. The van der Waals surface area contributed by atoms with E-state index in [1.807, 2.05) is 48.9 Å². The normalized spacial score (nSPS) is 14.4. The summed E-state index contributed by atoms with van der Waals surface area (Å²) in [6.07, 6.45) is 1.47. The molecule has 0 unspecified atom stereocenters. The Morgan fingerprint density at radius 2 is 1.67 bits per heavy atom. The molecule has 2 aromatic rings. The molecule has 2 heterocycles. The van der Waals surface area contributed by atoms with E-state index in [1.54, 1.807) is 0 Å². The smallest absolute Gasteiger partial charge is 0.273 e. The highest BCUT2D eigenvalue weighted by Crippen LogP contribution is 2.19. The molecule has 0 spiro atoms. The fourth-order valence-corrected chi connectivity index (χ4v) is 2.58. The molecule has 1 fully saturated rings. The molecule has 2 N–H and O–H groups in total. The molecule has 0 aliphatic carbocycles. The number of barbiturate groups is 1. The molecule has 3 rings (SSSR count). The first kappa shape index (κ1) is 15.7. The standard InChI is InChI=1S/C17H16N4O3/c1-10-13(8-14-15(22)18-17(24)19-16(14)23)11(2)21(20-10)9-12-6-4-3-5-7-12/h3-8H,9H2,1-2H3,(H2,18,19,22,23,24). The third-order valence-electron chi connectivity index (χ3n) is 3.84. The van der Waals surface area contributed by atoms with Crippen LogP contribution in [0.25, 0.3) is 6.08 Å². The van der Waals surface area contributed by atoms with Crippen LogP contribution in [0.5, 0.6) is 0 Å². The van der Waals surface area contributed by atoms with E-state index >= 15 is 0 Å². The van der Waals surface area contributed by atoms with Gasteiger partial charge in [0.25, 0.3) is 11.8 Å². The fourth-order valence-electron chi connectivity index (χ4n) is 2.58. The van der Waals surface area contributed by atoms with E-state index in [0.717, 1.165) is 11.3 Å². The van der Waals surface area contributed by atoms with Gasteiger partial charge in [-0.05, 0) is 25.5 Å². The van der Waals surface area contributed by atoms with Crippen LogP contribution in [0, 0.1) is 13.8 Å². The Hall–Kier alpha value is -3.22. The lowest BCUT2D eigenvalue weighted by Crippen LogP contribution is -2.51. The number of carbonyl (C=O) groups excluding carboxylic acids is 3. The number of nitrogens with one attached hydrogen (secondary N) is 2. The Bertz CT molecular complexity index is 843. The second kappa shape index (κ2) is 6.11. The number of urea groups is 1. The number of hydrogen-bond acceptors (Lipinski definition) is 4. The average Bonchev–Trinajstić information content (AvgIpc) is 2.78. The molecular formula is C17H16N4O3. The van der Waals surface area contributed by atoms with Gasteiger partial charge in [0, 0.05) is 11.3 Å². The lowest BCUT2D eigenvalue weighted by molar-refractivity contribution is -0.123. The largest absolute Gasteiger partial charge is 0.328 e. The summed E-state index contributed by atoms with van der Waals surface area (Å²) >= 11 is 0. The van der Waals surface area contributed by atoms with Crippen LogP contribution >= 0.6 is 0 Å². The molecule has 1 aliphatic rings. The summed E-state index contributed by atoms with van der Waals surface area (Å²) in [6, 6.07) is 9.05. The first-order chi connectivity index (χ1) is 11.5. The number of aromatic nitrogens is 2. The fraction of sp³-hybridized carbons (Fsp3) is 0.176. The van der Waals surface area contributed by atoms with Crippen LogP contribution in [-0.2, 0) is 16.1 Å². The van der Waals surface area contributed by atoms with Gasteiger partial charge in [-0.1, -0.05) is 30.3 Å². The Kier molecular flexibility index (Phi) is 3.99. The monoisotopic (exact) mass is 324 g/mol. The predicted molar refractivity (Wildman–Crippen MR) is 86.9 cm³/mol. The average molecular weight is 324 g/mol. The number of nitrogens with zero attached hydrogens (tertiary/aromatic N) is 2. The molecule has 1 aromatic heterocycles. The van der Waals surface area contributed by atoms with Crippen LogP contribution < -0.4 is 10.6 Å². The van der Waals surface area contributed by atoms with Crippen LogP contribution in [0.2, 0.25) is 0 Å². The van der Waals surface area contributed by atoms with Crippen molar-refractivity contribution in [3.05, 3.63) is 58.4 Å². The molecule has 1 aromatic carbocycles. The van der Waals surface area contributed by atoms with Crippen LogP contribution in [0.15, 0.2) is 35.9 Å². The first-order valence-corrected chi connectivity index (χ1v) is 7.42. The topological polar surface area (TPSA) is 93.1 Å². The second-order valence-electron chi connectivity index (χ2n) is 5.52. The number of carbonyl (C=O) groups is 3. The van der Waals surface area contributed by atoms with Gasteiger partial charge in [0.15, 0.2) is 0 Å². The number of amides is 4. The molecule has 0 bridgehead atoms. The Morgan fingerprint density at radius 1 is 1.04 bits per heavy atom. The summed E-state index contributed by atoms with van der Waals surface area (Å²) in [5, 5.41) is 8.60. The summed E-state index contributed by atoms with van der Waals surface area (Å²) < 4.78 is 1.82. The van der Waals surface area contributed by atoms with Crippen molar-refractivity contribution in [2.24, 2.45) is 0 Å². The molecule has 24 heavy (non-hydrogen) atoms. The number of rotatable bonds is 3. The van der Waals surface area contributed by atoms with Crippen molar-refractivity contribution in [2.75, 3.05) is 0 Å². The van der Waals surface area contributed by atoms with Gasteiger partial charge in [-0.25, -0.2) is 4.79 Å². The SMILES string of the molecule is Cc1nn(Cc2ccccc2)c(C)c1C=C1C(=O)NC(=O)NC1=O. The minimum Gasteiger partial charge on any atom is -0.273 e. The Labute approximate surface area is 138 Å². The van der Waals surface area contributed by atoms with Gasteiger partial charge >= 0.3 is 6.03 Å². The van der Waals surface area contributed by atoms with Crippen molar-refractivity contribution in [1.82, 2.24) is 20.4 Å². The van der Waals surface area contributed by atoms with E-state index in [0.29, 0.717) is 17.8 Å². The van der Waals surface area contributed by atoms with Crippen molar-refractivity contribution in [1.29, 1.82) is 0 Å². The second-order valence-corrected chi connectivity index (χ2v) is 5.52. The third kappa shape index (κ3) is 2.96. The molecule has 1 aliphatic heterocycles. The first-order valence-electron chi connectivity index (χ1n) is 7.42. The van der Waals surface area contributed by atoms with Crippen molar-refractivity contribution in [3.63, 3.8) is 0 Å². The Balaban J connectivity index is 1.95. The number of benzene rings is 1. The molecule has 7 heteroatoms. The molecule has 122 valence electrons. The van der Waals surface area contributed by atoms with E-state index in [9.17, 15) is 14.4 Å². The minimum atomic E-state index is -0.810. The van der Waals surface area contributed by atoms with Crippen LogP contribution in [0.4, 0.5) is 4.79 Å². The lowest BCUT2D eigenvalue weighted by atomic mass is 10.1. The molecule has 0 radical (unpaired) electrons. The molecule has 4 amide bonds. The highest BCUT2D eigenvalue weighted by atomic mass is 16.2. The third-order valence-corrected chi connectivity index (χ3v) is 3.84. The number of hydrogen-bond donors (Lipinski definition) is 2. The van der Waals surface area contributed by atoms with Gasteiger partial charge in [0.1, 0.15) is 5.57 Å². The predicted octanol–water partition coefficient (Wildman–Crippen LogP) is 1.30. The maximum atomic E-state index is 11.9. The number of aryl methyl sites for hydroxylation is 1. The lowest BCUT2D eigenvalue weighted by Gasteiger charge is -2.13. The van der Waals surface area contributed by atoms with Crippen molar-refractivity contribution >= 4 is 23.9 Å². The minimum absolute atomic E-state index is 0.111. The highest BCUT2D eigenvalue weighted by molar-refractivity contribution is 6.31. The number of imide groups is 2. The van der Waals surface area contributed by atoms with E-state index in [2.05, 4.69) is 15.7 Å². The maximum absolute atomic E-state index is 11.9.